The molecule has 4 fully saturated rings. The quantitative estimate of drug-likeness (QED) is 0.892. The summed E-state index contributed by atoms with van der Waals surface area (Å²) in [5.41, 5.74) is 6.07. The minimum absolute atomic E-state index is 0.204. The first-order valence-corrected chi connectivity index (χ1v) is 7.29. The number of aromatic nitrogens is 2. The molecule has 4 aliphatic rings. The Kier molecular flexibility index (Phi) is 2.24. The van der Waals surface area contributed by atoms with Gasteiger partial charge in [0.2, 0.25) is 5.89 Å². The van der Waals surface area contributed by atoms with Gasteiger partial charge in [-0.3, -0.25) is 0 Å². The minimum Gasteiger partial charge on any atom is -0.408 e. The van der Waals surface area contributed by atoms with Gasteiger partial charge < -0.3 is 10.2 Å². The van der Waals surface area contributed by atoms with Crippen LogP contribution in [0.3, 0.4) is 0 Å². The molecule has 4 saturated carbocycles. The second-order valence-electron chi connectivity index (χ2n) is 6.95. The van der Waals surface area contributed by atoms with E-state index in [2.05, 4.69) is 10.2 Å². The number of hydrogen-bond donors (Lipinski definition) is 1. The van der Waals surface area contributed by atoms with E-state index < -0.39 is 0 Å². The van der Waals surface area contributed by atoms with Crippen LogP contribution >= 0.6 is 0 Å². The first kappa shape index (κ1) is 10.8. The van der Waals surface area contributed by atoms with Gasteiger partial charge in [0.1, 0.15) is 0 Å². The minimum atomic E-state index is 0.204. The van der Waals surface area contributed by atoms with E-state index in [0.29, 0.717) is 5.41 Å². The normalized spacial score (nSPS) is 41.4. The van der Waals surface area contributed by atoms with Crippen LogP contribution in [-0.2, 0) is 6.42 Å². The molecule has 0 spiro atoms. The lowest BCUT2D eigenvalue weighted by Gasteiger charge is -2.57. The van der Waals surface area contributed by atoms with Crippen LogP contribution in [0.5, 0.6) is 0 Å². The summed E-state index contributed by atoms with van der Waals surface area (Å²) in [4.78, 5) is 0. The third-order valence-corrected chi connectivity index (χ3v) is 5.52. The molecule has 4 heteroatoms. The molecule has 1 heterocycles. The molecule has 4 aliphatic carbocycles. The lowest BCUT2D eigenvalue weighted by atomic mass is 9.48. The van der Waals surface area contributed by atoms with Crippen LogP contribution in [0.25, 0.3) is 0 Å². The molecule has 4 nitrogen and oxygen atoms in total. The summed E-state index contributed by atoms with van der Waals surface area (Å²) in [6.07, 6.45) is 11.0. The number of hydrogen-bond acceptors (Lipinski definition) is 4. The van der Waals surface area contributed by atoms with Gasteiger partial charge in [0.05, 0.1) is 0 Å². The topological polar surface area (TPSA) is 64.9 Å². The molecular weight excluding hydrogens is 226 g/mol. The first-order chi connectivity index (χ1) is 8.71. The van der Waals surface area contributed by atoms with Gasteiger partial charge in [-0.1, -0.05) is 5.10 Å². The fraction of sp³-hybridized carbons (Fsp3) is 0.857. The second-order valence-corrected chi connectivity index (χ2v) is 6.95. The van der Waals surface area contributed by atoms with Crippen LogP contribution in [0, 0.1) is 23.2 Å². The SMILES string of the molecule is Nc1nnc(CCC23CC4CC(CC(C4)C2)C3)o1. The number of rotatable bonds is 3. The van der Waals surface area contributed by atoms with Crippen molar-refractivity contribution in [2.45, 2.75) is 51.4 Å². The van der Waals surface area contributed by atoms with Crippen molar-refractivity contribution >= 4 is 6.01 Å². The molecule has 0 aromatic carbocycles. The maximum Gasteiger partial charge on any atom is 0.312 e. The van der Waals surface area contributed by atoms with Crippen molar-refractivity contribution in [2.24, 2.45) is 23.2 Å². The van der Waals surface area contributed by atoms with Gasteiger partial charge in [-0.25, -0.2) is 0 Å². The zero-order valence-corrected chi connectivity index (χ0v) is 10.8. The van der Waals surface area contributed by atoms with E-state index in [1.807, 2.05) is 0 Å². The Balaban J connectivity index is 1.47. The van der Waals surface area contributed by atoms with E-state index >= 15 is 0 Å². The number of nitrogens with zero attached hydrogens (tertiary/aromatic N) is 2. The molecule has 0 unspecified atom stereocenters. The Hall–Kier alpha value is -1.06. The van der Waals surface area contributed by atoms with Gasteiger partial charge >= 0.3 is 6.01 Å². The maximum atomic E-state index is 5.47. The van der Waals surface area contributed by atoms with Crippen LogP contribution in [0.15, 0.2) is 4.42 Å². The van der Waals surface area contributed by atoms with Crippen molar-refractivity contribution in [3.63, 3.8) is 0 Å². The molecule has 0 aliphatic heterocycles. The van der Waals surface area contributed by atoms with E-state index in [9.17, 15) is 0 Å². The smallest absolute Gasteiger partial charge is 0.312 e. The van der Waals surface area contributed by atoms with Gasteiger partial charge in [-0.15, -0.1) is 5.10 Å². The van der Waals surface area contributed by atoms with Crippen LogP contribution < -0.4 is 5.73 Å². The Morgan fingerprint density at radius 2 is 1.67 bits per heavy atom. The fourth-order valence-corrected chi connectivity index (χ4v) is 5.34. The molecule has 0 atom stereocenters. The third-order valence-electron chi connectivity index (χ3n) is 5.52. The molecule has 1 aromatic heterocycles. The number of aryl methyl sites for hydroxylation is 1. The highest BCUT2D eigenvalue weighted by Crippen LogP contribution is 2.61. The van der Waals surface area contributed by atoms with Crippen molar-refractivity contribution in [1.82, 2.24) is 10.2 Å². The Bertz CT molecular complexity index is 418. The summed E-state index contributed by atoms with van der Waals surface area (Å²) in [5.74, 6) is 3.78. The molecule has 1 aromatic rings. The lowest BCUT2D eigenvalue weighted by molar-refractivity contribution is -0.0576. The summed E-state index contributed by atoms with van der Waals surface area (Å²) < 4.78 is 5.30. The van der Waals surface area contributed by atoms with Gasteiger partial charge in [-0.2, -0.15) is 0 Å². The van der Waals surface area contributed by atoms with E-state index in [0.717, 1.165) is 30.1 Å². The molecule has 0 amide bonds. The summed E-state index contributed by atoms with van der Waals surface area (Å²) in [5, 5.41) is 7.73. The van der Waals surface area contributed by atoms with E-state index in [1.165, 1.54) is 44.9 Å². The standard InChI is InChI=1S/C14H21N3O/c15-13-17-16-12(18-13)1-2-14-6-9-3-10(7-14)5-11(4-9)8-14/h9-11H,1-8H2,(H2,15,17). The third kappa shape index (κ3) is 1.73. The summed E-state index contributed by atoms with van der Waals surface area (Å²) >= 11 is 0. The average molecular weight is 247 g/mol. The Morgan fingerprint density at radius 3 is 2.17 bits per heavy atom. The maximum absolute atomic E-state index is 5.47. The van der Waals surface area contributed by atoms with Crippen LogP contribution in [0.2, 0.25) is 0 Å². The molecule has 5 rings (SSSR count). The van der Waals surface area contributed by atoms with Gasteiger partial charge in [-0.05, 0) is 68.1 Å². The highest BCUT2D eigenvalue weighted by Gasteiger charge is 2.50. The van der Waals surface area contributed by atoms with Gasteiger partial charge in [0, 0.05) is 6.42 Å². The largest absolute Gasteiger partial charge is 0.408 e. The molecule has 98 valence electrons. The number of nitrogens with two attached hydrogens (primary N) is 1. The Morgan fingerprint density at radius 1 is 1.06 bits per heavy atom. The average Bonchev–Trinajstić information content (AvgIpc) is 2.71. The van der Waals surface area contributed by atoms with Gasteiger partial charge in [0.15, 0.2) is 0 Å². The molecule has 18 heavy (non-hydrogen) atoms. The van der Waals surface area contributed by atoms with Crippen molar-refractivity contribution in [3.8, 4) is 0 Å². The lowest BCUT2D eigenvalue weighted by Crippen LogP contribution is -2.46. The predicted octanol–water partition coefficient (Wildman–Crippen LogP) is 2.80. The van der Waals surface area contributed by atoms with Crippen LogP contribution in [-0.4, -0.2) is 10.2 Å². The van der Waals surface area contributed by atoms with Crippen molar-refractivity contribution < 1.29 is 4.42 Å². The zero-order valence-electron chi connectivity index (χ0n) is 10.8. The molecule has 0 radical (unpaired) electrons. The summed E-state index contributed by atoms with van der Waals surface area (Å²) in [7, 11) is 0. The second kappa shape index (κ2) is 3.72. The monoisotopic (exact) mass is 247 g/mol. The number of anilines is 1. The summed E-state index contributed by atoms with van der Waals surface area (Å²) in [6, 6.07) is 0.204. The highest BCUT2D eigenvalue weighted by molar-refractivity contribution is 5.06. The highest BCUT2D eigenvalue weighted by atomic mass is 16.4. The zero-order chi connectivity index (χ0) is 12.2. The van der Waals surface area contributed by atoms with Crippen LogP contribution in [0.1, 0.15) is 50.8 Å². The molecule has 4 bridgehead atoms. The molecular formula is C14H21N3O. The predicted molar refractivity (Wildman–Crippen MR) is 67.6 cm³/mol. The number of nitrogen functional groups attached to an aromatic ring is 1. The van der Waals surface area contributed by atoms with Crippen molar-refractivity contribution in [3.05, 3.63) is 5.89 Å². The molecule has 0 saturated heterocycles. The first-order valence-electron chi connectivity index (χ1n) is 7.29. The van der Waals surface area contributed by atoms with Gasteiger partial charge in [0.25, 0.3) is 0 Å². The summed E-state index contributed by atoms with van der Waals surface area (Å²) in [6.45, 7) is 0. The fourth-order valence-electron chi connectivity index (χ4n) is 5.34. The molecule has 2 N–H and O–H groups in total. The van der Waals surface area contributed by atoms with E-state index in [4.69, 9.17) is 10.2 Å². The van der Waals surface area contributed by atoms with Crippen molar-refractivity contribution in [1.29, 1.82) is 0 Å². The van der Waals surface area contributed by atoms with Crippen LogP contribution in [0.4, 0.5) is 6.01 Å². The van der Waals surface area contributed by atoms with Crippen molar-refractivity contribution in [2.75, 3.05) is 5.73 Å². The van der Waals surface area contributed by atoms with E-state index in [-0.39, 0.29) is 6.01 Å². The van der Waals surface area contributed by atoms with E-state index in [1.54, 1.807) is 0 Å². The Labute approximate surface area is 107 Å².